The number of hydrogen-bond donors (Lipinski definition) is 0. The summed E-state index contributed by atoms with van der Waals surface area (Å²) in [5.74, 6) is 1.83. The summed E-state index contributed by atoms with van der Waals surface area (Å²) < 4.78 is 2.14. The number of nitrogens with zero attached hydrogens (tertiary/aromatic N) is 4. The fraction of sp³-hybridized carbons (Fsp3) is 0.778. The van der Waals surface area contributed by atoms with E-state index in [9.17, 15) is 0 Å². The van der Waals surface area contributed by atoms with Crippen LogP contribution in [0.2, 0.25) is 0 Å². The van der Waals surface area contributed by atoms with Crippen LogP contribution in [0.25, 0.3) is 0 Å². The average molecular weight is 180 g/mol. The molecule has 0 saturated carbocycles. The molecule has 4 heteroatoms. The molecule has 0 fully saturated rings. The first-order valence-corrected chi connectivity index (χ1v) is 4.85. The minimum atomic E-state index is 0.731. The molecule has 0 saturated heterocycles. The van der Waals surface area contributed by atoms with Gasteiger partial charge in [0.25, 0.3) is 0 Å². The lowest BCUT2D eigenvalue weighted by Gasteiger charge is -2.28. The fourth-order valence-electron chi connectivity index (χ4n) is 1.79. The van der Waals surface area contributed by atoms with Crippen LogP contribution in [0.15, 0.2) is 6.33 Å². The van der Waals surface area contributed by atoms with Crippen molar-refractivity contribution in [1.29, 1.82) is 0 Å². The number of aromatic nitrogens is 3. The van der Waals surface area contributed by atoms with Crippen LogP contribution in [0.1, 0.15) is 19.7 Å². The van der Waals surface area contributed by atoms with E-state index < -0.39 is 0 Å². The van der Waals surface area contributed by atoms with E-state index in [1.54, 1.807) is 0 Å². The van der Waals surface area contributed by atoms with Crippen LogP contribution in [-0.2, 0) is 13.1 Å². The van der Waals surface area contributed by atoms with Crippen molar-refractivity contribution in [3.63, 3.8) is 0 Å². The van der Waals surface area contributed by atoms with Gasteiger partial charge in [0, 0.05) is 19.6 Å². The highest BCUT2D eigenvalue weighted by Gasteiger charge is 2.17. The third kappa shape index (κ3) is 1.88. The van der Waals surface area contributed by atoms with E-state index in [4.69, 9.17) is 0 Å². The molecular formula is C9H16N4. The predicted octanol–water partition coefficient (Wildman–Crippen LogP) is 0.750. The van der Waals surface area contributed by atoms with E-state index in [0.717, 1.165) is 37.9 Å². The zero-order valence-electron chi connectivity index (χ0n) is 8.27. The number of hydrogen-bond acceptors (Lipinski definition) is 3. The lowest BCUT2D eigenvalue weighted by atomic mass is 10.2. The summed E-state index contributed by atoms with van der Waals surface area (Å²) >= 11 is 0. The Balaban J connectivity index is 2.00. The van der Waals surface area contributed by atoms with Crippen LogP contribution in [0, 0.1) is 5.92 Å². The van der Waals surface area contributed by atoms with E-state index in [2.05, 4.69) is 33.5 Å². The molecule has 72 valence electrons. The van der Waals surface area contributed by atoms with Gasteiger partial charge in [-0.2, -0.15) is 0 Å². The standard InChI is InChI=1S/C9H16N4/c1-8(2)5-12-3-4-13-7-10-11-9(13)6-12/h7-8H,3-6H2,1-2H3. The van der Waals surface area contributed by atoms with Gasteiger partial charge in [0.15, 0.2) is 0 Å². The van der Waals surface area contributed by atoms with Crippen LogP contribution in [0.4, 0.5) is 0 Å². The highest BCUT2D eigenvalue weighted by atomic mass is 15.3. The molecule has 0 bridgehead atoms. The third-order valence-electron chi connectivity index (χ3n) is 2.34. The number of fused-ring (bicyclic) bond motifs is 1. The Bertz CT molecular complexity index is 279. The molecule has 0 amide bonds. The molecule has 13 heavy (non-hydrogen) atoms. The van der Waals surface area contributed by atoms with Crippen LogP contribution in [0.5, 0.6) is 0 Å². The fourth-order valence-corrected chi connectivity index (χ4v) is 1.79. The molecule has 2 heterocycles. The van der Waals surface area contributed by atoms with Gasteiger partial charge in [-0.1, -0.05) is 13.8 Å². The van der Waals surface area contributed by atoms with Gasteiger partial charge >= 0.3 is 0 Å². The molecule has 1 aromatic rings. The van der Waals surface area contributed by atoms with Crippen molar-refractivity contribution >= 4 is 0 Å². The molecule has 2 rings (SSSR count). The Morgan fingerprint density at radius 3 is 3.08 bits per heavy atom. The lowest BCUT2D eigenvalue weighted by molar-refractivity contribution is 0.195. The van der Waals surface area contributed by atoms with Crippen LogP contribution < -0.4 is 0 Å². The third-order valence-corrected chi connectivity index (χ3v) is 2.34. The van der Waals surface area contributed by atoms with Gasteiger partial charge in [0.1, 0.15) is 12.2 Å². The van der Waals surface area contributed by atoms with Crippen molar-refractivity contribution in [3.8, 4) is 0 Å². The molecule has 0 atom stereocenters. The van der Waals surface area contributed by atoms with E-state index in [1.165, 1.54) is 0 Å². The molecule has 1 aliphatic heterocycles. The first-order valence-electron chi connectivity index (χ1n) is 4.85. The topological polar surface area (TPSA) is 34.0 Å². The Hall–Kier alpha value is -0.900. The molecule has 1 aromatic heterocycles. The molecule has 0 unspecified atom stereocenters. The molecular weight excluding hydrogens is 164 g/mol. The van der Waals surface area contributed by atoms with E-state index in [0.29, 0.717) is 0 Å². The van der Waals surface area contributed by atoms with Gasteiger partial charge in [-0.05, 0) is 5.92 Å². The number of rotatable bonds is 2. The van der Waals surface area contributed by atoms with Crippen molar-refractivity contribution < 1.29 is 0 Å². The van der Waals surface area contributed by atoms with Gasteiger partial charge < -0.3 is 4.57 Å². The van der Waals surface area contributed by atoms with E-state index >= 15 is 0 Å². The van der Waals surface area contributed by atoms with Gasteiger partial charge in [0.2, 0.25) is 0 Å². The first kappa shape index (κ1) is 8.69. The summed E-state index contributed by atoms with van der Waals surface area (Å²) in [6.07, 6.45) is 1.82. The SMILES string of the molecule is CC(C)CN1CCn2cnnc2C1. The lowest BCUT2D eigenvalue weighted by Crippen LogP contribution is -2.35. The molecule has 0 spiro atoms. The van der Waals surface area contributed by atoms with Crippen molar-refractivity contribution in [3.05, 3.63) is 12.2 Å². The maximum absolute atomic E-state index is 4.09. The molecule has 4 nitrogen and oxygen atoms in total. The van der Waals surface area contributed by atoms with E-state index in [1.807, 2.05) is 6.33 Å². The van der Waals surface area contributed by atoms with Crippen LogP contribution in [-0.4, -0.2) is 32.8 Å². The Labute approximate surface area is 78.6 Å². The van der Waals surface area contributed by atoms with Gasteiger partial charge in [0.05, 0.1) is 6.54 Å². The summed E-state index contributed by atoms with van der Waals surface area (Å²) in [6, 6.07) is 0. The zero-order chi connectivity index (χ0) is 9.26. The maximum atomic E-state index is 4.09. The predicted molar refractivity (Wildman–Crippen MR) is 50.1 cm³/mol. The van der Waals surface area contributed by atoms with Crippen LogP contribution >= 0.6 is 0 Å². The summed E-state index contributed by atoms with van der Waals surface area (Å²) in [7, 11) is 0. The normalized spacial score (nSPS) is 17.8. The second kappa shape index (κ2) is 3.46. The highest BCUT2D eigenvalue weighted by molar-refractivity contribution is 4.89. The van der Waals surface area contributed by atoms with Crippen molar-refractivity contribution in [2.75, 3.05) is 13.1 Å². The molecule has 0 N–H and O–H groups in total. The Morgan fingerprint density at radius 1 is 1.46 bits per heavy atom. The Kier molecular flexibility index (Phi) is 2.31. The van der Waals surface area contributed by atoms with Gasteiger partial charge in [-0.15, -0.1) is 10.2 Å². The maximum Gasteiger partial charge on any atom is 0.147 e. The van der Waals surface area contributed by atoms with Crippen LogP contribution in [0.3, 0.4) is 0 Å². The average Bonchev–Trinajstić information content (AvgIpc) is 2.49. The Morgan fingerprint density at radius 2 is 2.31 bits per heavy atom. The quantitative estimate of drug-likeness (QED) is 0.673. The van der Waals surface area contributed by atoms with Crippen molar-refractivity contribution in [1.82, 2.24) is 19.7 Å². The minimum Gasteiger partial charge on any atom is -0.315 e. The molecule has 1 aliphatic rings. The second-order valence-electron chi connectivity index (χ2n) is 4.07. The summed E-state index contributed by atoms with van der Waals surface area (Å²) in [5, 5.41) is 7.99. The zero-order valence-corrected chi connectivity index (χ0v) is 8.27. The summed E-state index contributed by atoms with van der Waals surface area (Å²) in [5.41, 5.74) is 0. The second-order valence-corrected chi connectivity index (χ2v) is 4.07. The summed E-state index contributed by atoms with van der Waals surface area (Å²) in [4.78, 5) is 2.44. The highest BCUT2D eigenvalue weighted by Crippen LogP contribution is 2.10. The van der Waals surface area contributed by atoms with Crippen molar-refractivity contribution in [2.24, 2.45) is 5.92 Å². The molecule has 0 aromatic carbocycles. The largest absolute Gasteiger partial charge is 0.315 e. The van der Waals surface area contributed by atoms with E-state index in [-0.39, 0.29) is 0 Å². The summed E-state index contributed by atoms with van der Waals surface area (Å²) in [6.45, 7) is 8.78. The van der Waals surface area contributed by atoms with Gasteiger partial charge in [-0.3, -0.25) is 4.90 Å². The minimum absolute atomic E-state index is 0.731. The molecule has 0 aliphatic carbocycles. The van der Waals surface area contributed by atoms with Crippen molar-refractivity contribution in [2.45, 2.75) is 26.9 Å². The molecule has 0 radical (unpaired) electrons. The monoisotopic (exact) mass is 180 g/mol. The first-order chi connectivity index (χ1) is 6.25. The smallest absolute Gasteiger partial charge is 0.147 e. The van der Waals surface area contributed by atoms with Gasteiger partial charge in [-0.25, -0.2) is 0 Å².